The van der Waals surface area contributed by atoms with Gasteiger partial charge in [0.15, 0.2) is 0 Å². The Morgan fingerprint density at radius 2 is 2.00 bits per heavy atom. The van der Waals surface area contributed by atoms with Crippen molar-refractivity contribution in [3.05, 3.63) is 49.0 Å². The maximum atomic E-state index is 6.04. The van der Waals surface area contributed by atoms with Crippen LogP contribution in [-0.4, -0.2) is 5.54 Å². The molecule has 114 valence electrons. The smallest absolute Gasteiger partial charge is 0.138 e. The van der Waals surface area contributed by atoms with Crippen LogP contribution >= 0.6 is 43.2 Å². The number of hydrogen-bond acceptors (Lipinski definition) is 3. The maximum Gasteiger partial charge on any atom is 0.138 e. The van der Waals surface area contributed by atoms with Crippen molar-refractivity contribution in [1.82, 2.24) is 5.32 Å². The Labute approximate surface area is 147 Å². The first-order valence-electron chi connectivity index (χ1n) is 6.73. The third kappa shape index (κ3) is 5.40. The van der Waals surface area contributed by atoms with E-state index in [0.717, 1.165) is 26.8 Å². The fraction of sp³-hybridized carbons (Fsp3) is 0.375. The van der Waals surface area contributed by atoms with Gasteiger partial charge in [0.05, 0.1) is 4.47 Å². The highest BCUT2D eigenvalue weighted by Crippen LogP contribution is 2.31. The van der Waals surface area contributed by atoms with Crippen LogP contribution in [0.15, 0.2) is 38.6 Å². The van der Waals surface area contributed by atoms with E-state index >= 15 is 0 Å². The minimum atomic E-state index is 0.0816. The maximum absolute atomic E-state index is 6.04. The molecule has 0 saturated heterocycles. The van der Waals surface area contributed by atoms with E-state index in [1.54, 1.807) is 11.3 Å². The molecule has 2 rings (SSSR count). The zero-order valence-corrected chi connectivity index (χ0v) is 16.4. The summed E-state index contributed by atoms with van der Waals surface area (Å²) in [5.74, 6) is 0.916. The standard InChI is InChI=1S/C16H19Br2NOS/c1-16(2,3)19-8-11-5-4-6-14(18)15(11)20-9-13-7-12(17)10-21-13/h4-7,10,19H,8-9H2,1-3H3. The predicted molar refractivity (Wildman–Crippen MR) is 97.1 cm³/mol. The Morgan fingerprint density at radius 3 is 2.62 bits per heavy atom. The topological polar surface area (TPSA) is 21.3 Å². The van der Waals surface area contributed by atoms with Crippen molar-refractivity contribution in [3.63, 3.8) is 0 Å². The minimum absolute atomic E-state index is 0.0816. The Balaban J connectivity index is 2.10. The molecule has 1 N–H and O–H groups in total. The van der Waals surface area contributed by atoms with Crippen LogP contribution in [-0.2, 0) is 13.2 Å². The van der Waals surface area contributed by atoms with Crippen molar-refractivity contribution < 1.29 is 4.74 Å². The van der Waals surface area contributed by atoms with Crippen LogP contribution in [0.4, 0.5) is 0 Å². The lowest BCUT2D eigenvalue weighted by atomic mass is 10.1. The molecule has 0 aliphatic rings. The van der Waals surface area contributed by atoms with Crippen LogP contribution in [0.3, 0.4) is 0 Å². The van der Waals surface area contributed by atoms with Gasteiger partial charge in [0, 0.05) is 32.4 Å². The second kappa shape index (κ2) is 7.27. The lowest BCUT2D eigenvalue weighted by Gasteiger charge is -2.22. The summed E-state index contributed by atoms with van der Waals surface area (Å²) in [4.78, 5) is 1.20. The SMILES string of the molecule is CC(C)(C)NCc1cccc(Br)c1OCc1cc(Br)cs1. The summed E-state index contributed by atoms with van der Waals surface area (Å²) in [5, 5.41) is 5.57. The van der Waals surface area contributed by atoms with E-state index in [-0.39, 0.29) is 5.54 Å². The summed E-state index contributed by atoms with van der Waals surface area (Å²) in [6.45, 7) is 7.85. The van der Waals surface area contributed by atoms with Gasteiger partial charge in [-0.2, -0.15) is 0 Å². The molecular weight excluding hydrogens is 414 g/mol. The van der Waals surface area contributed by atoms with E-state index in [9.17, 15) is 0 Å². The van der Waals surface area contributed by atoms with Crippen LogP contribution in [0.25, 0.3) is 0 Å². The van der Waals surface area contributed by atoms with E-state index in [0.29, 0.717) is 6.61 Å². The molecule has 2 aromatic rings. The van der Waals surface area contributed by atoms with Gasteiger partial charge in [0.2, 0.25) is 0 Å². The van der Waals surface area contributed by atoms with E-state index < -0.39 is 0 Å². The number of halogens is 2. The number of para-hydroxylation sites is 1. The highest BCUT2D eigenvalue weighted by atomic mass is 79.9. The van der Waals surface area contributed by atoms with Gasteiger partial charge in [-0.25, -0.2) is 0 Å². The van der Waals surface area contributed by atoms with E-state index in [2.05, 4.69) is 75.5 Å². The average molecular weight is 433 g/mol. The molecule has 1 heterocycles. The number of rotatable bonds is 5. The fourth-order valence-corrected chi connectivity index (χ4v) is 3.67. The molecule has 0 atom stereocenters. The molecule has 0 aliphatic heterocycles. The van der Waals surface area contributed by atoms with Crippen molar-refractivity contribution >= 4 is 43.2 Å². The third-order valence-corrected chi connectivity index (χ3v) is 5.13. The van der Waals surface area contributed by atoms with Crippen LogP contribution in [0.2, 0.25) is 0 Å². The fourth-order valence-electron chi connectivity index (χ4n) is 1.79. The van der Waals surface area contributed by atoms with Crippen molar-refractivity contribution in [2.24, 2.45) is 0 Å². The summed E-state index contributed by atoms with van der Waals surface area (Å²) >= 11 is 8.75. The summed E-state index contributed by atoms with van der Waals surface area (Å²) in [5.41, 5.74) is 1.24. The third-order valence-electron chi connectivity index (χ3n) is 2.84. The lowest BCUT2D eigenvalue weighted by Crippen LogP contribution is -2.35. The van der Waals surface area contributed by atoms with Crippen LogP contribution in [0, 0.1) is 0 Å². The van der Waals surface area contributed by atoms with Gasteiger partial charge >= 0.3 is 0 Å². The summed E-state index contributed by atoms with van der Waals surface area (Å²) in [7, 11) is 0. The van der Waals surface area contributed by atoms with E-state index in [1.165, 1.54) is 4.88 Å². The normalized spacial score (nSPS) is 11.7. The number of hydrogen-bond donors (Lipinski definition) is 1. The summed E-state index contributed by atoms with van der Waals surface area (Å²) in [6, 6.07) is 8.25. The van der Waals surface area contributed by atoms with Gasteiger partial charge in [-0.3, -0.25) is 0 Å². The largest absolute Gasteiger partial charge is 0.487 e. The first-order chi connectivity index (χ1) is 9.85. The molecule has 1 aromatic heterocycles. The van der Waals surface area contributed by atoms with Crippen LogP contribution in [0.5, 0.6) is 5.75 Å². The van der Waals surface area contributed by atoms with Gasteiger partial charge in [-0.15, -0.1) is 11.3 Å². The molecular formula is C16H19Br2NOS. The minimum Gasteiger partial charge on any atom is -0.487 e. The molecule has 0 radical (unpaired) electrons. The van der Waals surface area contributed by atoms with Crippen molar-refractivity contribution in [2.75, 3.05) is 0 Å². The second-order valence-electron chi connectivity index (χ2n) is 5.85. The van der Waals surface area contributed by atoms with Gasteiger partial charge < -0.3 is 10.1 Å². The van der Waals surface area contributed by atoms with Crippen molar-refractivity contribution in [2.45, 2.75) is 39.5 Å². The Bertz CT molecular complexity index is 605. The second-order valence-corrected chi connectivity index (χ2v) is 8.62. The molecule has 5 heteroatoms. The Kier molecular flexibility index (Phi) is 5.88. The predicted octanol–water partition coefficient (Wildman–Crippen LogP) is 5.74. The van der Waals surface area contributed by atoms with E-state index in [4.69, 9.17) is 4.74 Å². The van der Waals surface area contributed by atoms with Gasteiger partial charge in [-0.1, -0.05) is 12.1 Å². The zero-order chi connectivity index (χ0) is 15.5. The molecule has 1 aromatic carbocycles. The van der Waals surface area contributed by atoms with Crippen molar-refractivity contribution in [3.8, 4) is 5.75 Å². The molecule has 0 fully saturated rings. The summed E-state index contributed by atoms with van der Waals surface area (Å²) in [6.07, 6.45) is 0. The number of benzene rings is 1. The quantitative estimate of drug-likeness (QED) is 0.650. The first-order valence-corrected chi connectivity index (χ1v) is 9.20. The highest BCUT2D eigenvalue weighted by Gasteiger charge is 2.13. The van der Waals surface area contributed by atoms with Gasteiger partial charge in [-0.05, 0) is 64.8 Å². The average Bonchev–Trinajstić information content (AvgIpc) is 2.80. The van der Waals surface area contributed by atoms with Crippen LogP contribution in [0.1, 0.15) is 31.2 Å². The number of ether oxygens (including phenoxy) is 1. The Morgan fingerprint density at radius 1 is 1.24 bits per heavy atom. The van der Waals surface area contributed by atoms with Crippen LogP contribution < -0.4 is 10.1 Å². The zero-order valence-electron chi connectivity index (χ0n) is 12.4. The van der Waals surface area contributed by atoms with E-state index in [1.807, 2.05) is 12.1 Å². The monoisotopic (exact) mass is 431 g/mol. The molecule has 0 saturated carbocycles. The molecule has 0 amide bonds. The van der Waals surface area contributed by atoms with Gasteiger partial charge in [0.1, 0.15) is 12.4 Å². The molecule has 0 unspecified atom stereocenters. The molecule has 0 aliphatic carbocycles. The lowest BCUT2D eigenvalue weighted by molar-refractivity contribution is 0.301. The first kappa shape index (κ1) is 17.0. The highest BCUT2D eigenvalue weighted by molar-refractivity contribution is 9.10. The molecule has 21 heavy (non-hydrogen) atoms. The molecule has 2 nitrogen and oxygen atoms in total. The number of thiophene rings is 1. The van der Waals surface area contributed by atoms with Crippen molar-refractivity contribution in [1.29, 1.82) is 0 Å². The Hall–Kier alpha value is -0.360. The number of nitrogens with one attached hydrogen (secondary N) is 1. The van der Waals surface area contributed by atoms with Gasteiger partial charge in [0.25, 0.3) is 0 Å². The molecule has 0 spiro atoms. The molecule has 0 bridgehead atoms. The summed E-state index contributed by atoms with van der Waals surface area (Å²) < 4.78 is 8.13.